The molecule has 1 N–H and O–H groups in total. The van der Waals surface area contributed by atoms with Crippen molar-refractivity contribution in [2.45, 2.75) is 40.7 Å². The first-order valence-electron chi connectivity index (χ1n) is 7.52. The second-order valence-corrected chi connectivity index (χ2v) is 7.43. The molecule has 3 heteroatoms. The minimum absolute atomic E-state index is 0.301. The third kappa shape index (κ3) is 4.50. The van der Waals surface area contributed by atoms with E-state index in [4.69, 9.17) is 4.74 Å². The van der Waals surface area contributed by atoms with Crippen LogP contribution in [-0.2, 0) is 0 Å². The maximum Gasteiger partial charge on any atom is 0.121 e. The number of hydrogen-bond donors (Lipinski definition) is 1. The van der Waals surface area contributed by atoms with Crippen LogP contribution >= 0.6 is 11.3 Å². The summed E-state index contributed by atoms with van der Waals surface area (Å²) in [6.07, 6.45) is 0. The van der Waals surface area contributed by atoms with E-state index in [2.05, 4.69) is 58.1 Å². The number of ether oxygens (including phenoxy) is 1. The lowest BCUT2D eigenvalue weighted by Crippen LogP contribution is -2.08. The molecule has 2 nitrogen and oxygen atoms in total. The molecule has 0 aliphatic heterocycles. The summed E-state index contributed by atoms with van der Waals surface area (Å²) in [5.74, 6) is 1.47. The molecule has 0 amide bonds. The Bertz CT molecular complexity index is 589. The molecule has 1 unspecified atom stereocenters. The first kappa shape index (κ1) is 15.9. The van der Waals surface area contributed by atoms with Crippen molar-refractivity contribution >= 4 is 17.0 Å². The lowest BCUT2D eigenvalue weighted by atomic mass is 10.1. The zero-order valence-corrected chi connectivity index (χ0v) is 14.4. The lowest BCUT2D eigenvalue weighted by Gasteiger charge is -2.16. The highest BCUT2D eigenvalue weighted by Gasteiger charge is 2.11. The van der Waals surface area contributed by atoms with Gasteiger partial charge in [0.1, 0.15) is 5.75 Å². The van der Waals surface area contributed by atoms with E-state index in [1.807, 2.05) is 23.5 Å². The van der Waals surface area contributed by atoms with Gasteiger partial charge in [0.2, 0.25) is 0 Å². The summed E-state index contributed by atoms with van der Waals surface area (Å²) in [6, 6.07) is 10.8. The van der Waals surface area contributed by atoms with Gasteiger partial charge in [-0.3, -0.25) is 0 Å². The van der Waals surface area contributed by atoms with E-state index >= 15 is 0 Å². The molecule has 1 aromatic heterocycles. The van der Waals surface area contributed by atoms with Crippen LogP contribution in [-0.4, -0.2) is 6.61 Å². The largest absolute Gasteiger partial charge is 0.493 e. The van der Waals surface area contributed by atoms with E-state index in [0.717, 1.165) is 18.0 Å². The molecule has 1 aromatic carbocycles. The number of rotatable bonds is 6. The van der Waals surface area contributed by atoms with Gasteiger partial charge in [0.25, 0.3) is 0 Å². The molecular weight excluding hydrogens is 278 g/mol. The van der Waals surface area contributed by atoms with Gasteiger partial charge in [-0.15, -0.1) is 11.3 Å². The van der Waals surface area contributed by atoms with Crippen molar-refractivity contribution in [3.63, 3.8) is 0 Å². The minimum Gasteiger partial charge on any atom is -0.493 e. The standard InChI is InChI=1S/C18H25NOS/c1-12(2)11-20-17-8-6-7-16(10-17)19-14(4)18-9-13(3)21-15(18)5/h6-10,12,14,19H,11H2,1-5H3. The summed E-state index contributed by atoms with van der Waals surface area (Å²) >= 11 is 1.86. The topological polar surface area (TPSA) is 21.3 Å². The molecule has 21 heavy (non-hydrogen) atoms. The Balaban J connectivity index is 2.05. The molecule has 1 heterocycles. The molecule has 114 valence electrons. The van der Waals surface area contributed by atoms with Crippen LogP contribution in [0.2, 0.25) is 0 Å². The quantitative estimate of drug-likeness (QED) is 0.753. The first-order chi connectivity index (χ1) is 9.95. The number of aryl methyl sites for hydroxylation is 2. The van der Waals surface area contributed by atoms with Gasteiger partial charge >= 0.3 is 0 Å². The fourth-order valence-corrected chi connectivity index (χ4v) is 3.37. The Kier molecular flexibility index (Phi) is 5.29. The number of benzene rings is 1. The second kappa shape index (κ2) is 6.99. The Labute approximate surface area is 132 Å². The lowest BCUT2D eigenvalue weighted by molar-refractivity contribution is 0.271. The molecular formula is C18H25NOS. The monoisotopic (exact) mass is 303 g/mol. The van der Waals surface area contributed by atoms with E-state index in [0.29, 0.717) is 12.0 Å². The van der Waals surface area contributed by atoms with Crippen molar-refractivity contribution < 1.29 is 4.74 Å². The van der Waals surface area contributed by atoms with Crippen LogP contribution in [0.25, 0.3) is 0 Å². The highest BCUT2D eigenvalue weighted by molar-refractivity contribution is 7.12. The zero-order chi connectivity index (χ0) is 15.4. The Morgan fingerprint density at radius 1 is 1.14 bits per heavy atom. The van der Waals surface area contributed by atoms with Crippen molar-refractivity contribution in [3.8, 4) is 5.75 Å². The van der Waals surface area contributed by atoms with Crippen LogP contribution in [0, 0.1) is 19.8 Å². The van der Waals surface area contributed by atoms with E-state index in [9.17, 15) is 0 Å². The highest BCUT2D eigenvalue weighted by atomic mass is 32.1. The summed E-state index contributed by atoms with van der Waals surface area (Å²) < 4.78 is 5.79. The van der Waals surface area contributed by atoms with Crippen LogP contribution in [0.4, 0.5) is 5.69 Å². The van der Waals surface area contributed by atoms with Gasteiger partial charge < -0.3 is 10.1 Å². The maximum atomic E-state index is 5.79. The molecule has 2 aromatic rings. The Hall–Kier alpha value is -1.48. The molecule has 0 aliphatic carbocycles. The molecule has 0 fully saturated rings. The van der Waals surface area contributed by atoms with Crippen LogP contribution in [0.5, 0.6) is 5.75 Å². The van der Waals surface area contributed by atoms with Gasteiger partial charge in [0.15, 0.2) is 0 Å². The van der Waals surface area contributed by atoms with Gasteiger partial charge in [-0.05, 0) is 50.5 Å². The summed E-state index contributed by atoms with van der Waals surface area (Å²) in [5, 5.41) is 3.57. The fraction of sp³-hybridized carbons (Fsp3) is 0.444. The van der Waals surface area contributed by atoms with E-state index in [1.54, 1.807) is 0 Å². The van der Waals surface area contributed by atoms with Crippen molar-refractivity contribution in [2.24, 2.45) is 5.92 Å². The molecule has 0 bridgehead atoms. The van der Waals surface area contributed by atoms with Gasteiger partial charge in [-0.25, -0.2) is 0 Å². The molecule has 2 rings (SSSR count). The SMILES string of the molecule is Cc1cc(C(C)Nc2cccc(OCC(C)C)c2)c(C)s1. The van der Waals surface area contributed by atoms with Gasteiger partial charge in [-0.1, -0.05) is 19.9 Å². The molecule has 0 saturated heterocycles. The molecule has 1 atom stereocenters. The minimum atomic E-state index is 0.301. The Morgan fingerprint density at radius 3 is 2.52 bits per heavy atom. The Morgan fingerprint density at radius 2 is 1.90 bits per heavy atom. The number of hydrogen-bond acceptors (Lipinski definition) is 3. The van der Waals surface area contributed by atoms with Gasteiger partial charge in [0.05, 0.1) is 6.61 Å². The molecule has 0 radical (unpaired) electrons. The summed E-state index contributed by atoms with van der Waals surface area (Å²) in [5.41, 5.74) is 2.48. The average Bonchev–Trinajstić information content (AvgIpc) is 2.76. The van der Waals surface area contributed by atoms with Crippen LogP contribution < -0.4 is 10.1 Å². The van der Waals surface area contributed by atoms with Crippen molar-refractivity contribution in [1.29, 1.82) is 0 Å². The fourth-order valence-electron chi connectivity index (χ4n) is 2.35. The predicted molar refractivity (Wildman–Crippen MR) is 92.6 cm³/mol. The van der Waals surface area contributed by atoms with Crippen molar-refractivity contribution in [2.75, 3.05) is 11.9 Å². The third-order valence-electron chi connectivity index (χ3n) is 3.35. The zero-order valence-electron chi connectivity index (χ0n) is 13.6. The number of anilines is 1. The first-order valence-corrected chi connectivity index (χ1v) is 8.33. The van der Waals surface area contributed by atoms with Gasteiger partial charge in [0, 0.05) is 27.5 Å². The third-order valence-corrected chi connectivity index (χ3v) is 4.33. The molecule has 0 aliphatic rings. The van der Waals surface area contributed by atoms with Crippen LogP contribution in [0.15, 0.2) is 30.3 Å². The maximum absolute atomic E-state index is 5.79. The number of thiophene rings is 1. The molecule has 0 saturated carbocycles. The van der Waals surface area contributed by atoms with Crippen LogP contribution in [0.3, 0.4) is 0 Å². The van der Waals surface area contributed by atoms with Crippen molar-refractivity contribution in [1.82, 2.24) is 0 Å². The normalized spacial score (nSPS) is 12.5. The number of nitrogens with one attached hydrogen (secondary N) is 1. The van der Waals surface area contributed by atoms with E-state index in [1.165, 1.54) is 15.3 Å². The molecule has 0 spiro atoms. The summed E-state index contributed by atoms with van der Waals surface area (Å²) in [7, 11) is 0. The average molecular weight is 303 g/mol. The summed E-state index contributed by atoms with van der Waals surface area (Å²) in [6.45, 7) is 11.6. The highest BCUT2D eigenvalue weighted by Crippen LogP contribution is 2.29. The van der Waals surface area contributed by atoms with Crippen LogP contribution in [0.1, 0.15) is 42.1 Å². The van der Waals surface area contributed by atoms with E-state index < -0.39 is 0 Å². The van der Waals surface area contributed by atoms with E-state index in [-0.39, 0.29) is 0 Å². The summed E-state index contributed by atoms with van der Waals surface area (Å²) in [4.78, 5) is 2.75. The second-order valence-electron chi connectivity index (χ2n) is 5.97. The smallest absolute Gasteiger partial charge is 0.121 e. The van der Waals surface area contributed by atoms with Gasteiger partial charge in [-0.2, -0.15) is 0 Å². The predicted octanol–water partition coefficient (Wildman–Crippen LogP) is 5.57. The van der Waals surface area contributed by atoms with Crippen molar-refractivity contribution in [3.05, 3.63) is 45.6 Å².